The summed E-state index contributed by atoms with van der Waals surface area (Å²) in [6.45, 7) is 1.35. The highest BCUT2D eigenvalue weighted by atomic mass is 79.9. The molecule has 2 rings (SSSR count). The molecule has 0 unspecified atom stereocenters. The number of anilines is 1. The average Bonchev–Trinajstić information content (AvgIpc) is 2.75. The van der Waals surface area contributed by atoms with Crippen LogP contribution in [0.5, 0.6) is 0 Å². The van der Waals surface area contributed by atoms with Gasteiger partial charge in [-0.2, -0.15) is 0 Å². The van der Waals surface area contributed by atoms with Gasteiger partial charge in [-0.25, -0.2) is 13.4 Å². The fourth-order valence-electron chi connectivity index (χ4n) is 1.49. The van der Waals surface area contributed by atoms with E-state index in [-0.39, 0.29) is 27.7 Å². The SMILES string of the molecule is Cc1cc(Br)cnc1NS(=O)(=O)c1cc(CO)oc1Br. The van der Waals surface area contributed by atoms with Gasteiger partial charge < -0.3 is 9.52 Å². The predicted molar refractivity (Wildman–Crippen MR) is 79.8 cm³/mol. The maximum atomic E-state index is 12.3. The summed E-state index contributed by atoms with van der Waals surface area (Å²) in [5.74, 6) is 0.379. The van der Waals surface area contributed by atoms with E-state index in [1.54, 1.807) is 13.0 Å². The lowest BCUT2D eigenvalue weighted by molar-refractivity contribution is 0.245. The van der Waals surface area contributed by atoms with E-state index in [2.05, 4.69) is 41.6 Å². The second kappa shape index (κ2) is 5.84. The van der Waals surface area contributed by atoms with Gasteiger partial charge >= 0.3 is 0 Å². The van der Waals surface area contributed by atoms with Crippen LogP contribution in [-0.2, 0) is 16.6 Å². The molecule has 108 valence electrons. The van der Waals surface area contributed by atoms with Crippen molar-refractivity contribution < 1.29 is 17.9 Å². The number of hydrogen-bond donors (Lipinski definition) is 2. The number of furan rings is 1. The number of aliphatic hydroxyl groups excluding tert-OH is 1. The van der Waals surface area contributed by atoms with Gasteiger partial charge in [0.05, 0.1) is 0 Å². The van der Waals surface area contributed by atoms with E-state index >= 15 is 0 Å². The Morgan fingerprint density at radius 3 is 2.65 bits per heavy atom. The molecule has 0 aromatic carbocycles. The van der Waals surface area contributed by atoms with Crippen molar-refractivity contribution in [1.82, 2.24) is 4.98 Å². The smallest absolute Gasteiger partial charge is 0.267 e. The molecule has 6 nitrogen and oxygen atoms in total. The maximum Gasteiger partial charge on any atom is 0.267 e. The van der Waals surface area contributed by atoms with E-state index in [4.69, 9.17) is 9.52 Å². The van der Waals surface area contributed by atoms with Gasteiger partial charge in [0.25, 0.3) is 10.0 Å². The zero-order valence-corrected chi connectivity index (χ0v) is 14.2. The molecule has 0 radical (unpaired) electrons. The van der Waals surface area contributed by atoms with Crippen molar-refractivity contribution in [2.45, 2.75) is 18.4 Å². The number of nitrogens with one attached hydrogen (secondary N) is 1. The summed E-state index contributed by atoms with van der Waals surface area (Å²) < 4.78 is 32.7. The van der Waals surface area contributed by atoms with Crippen molar-refractivity contribution in [3.8, 4) is 0 Å². The molecule has 0 saturated carbocycles. The minimum atomic E-state index is -3.85. The predicted octanol–water partition coefficient (Wildman–Crippen LogP) is 2.80. The molecule has 0 saturated heterocycles. The first kappa shape index (κ1) is 15.5. The zero-order valence-electron chi connectivity index (χ0n) is 10.2. The van der Waals surface area contributed by atoms with Crippen LogP contribution in [0.2, 0.25) is 0 Å². The molecular formula is C11H10Br2N2O4S. The number of halogens is 2. The number of hydrogen-bond acceptors (Lipinski definition) is 5. The Labute approximate surface area is 132 Å². The first-order valence-corrected chi connectivity index (χ1v) is 8.44. The van der Waals surface area contributed by atoms with Crippen molar-refractivity contribution in [1.29, 1.82) is 0 Å². The van der Waals surface area contributed by atoms with Gasteiger partial charge in [-0.1, -0.05) is 0 Å². The summed E-state index contributed by atoms with van der Waals surface area (Å²) in [4.78, 5) is 3.92. The van der Waals surface area contributed by atoms with Crippen LogP contribution in [0.25, 0.3) is 0 Å². The molecule has 0 bridgehead atoms. The van der Waals surface area contributed by atoms with Gasteiger partial charge in [0, 0.05) is 16.7 Å². The highest BCUT2D eigenvalue weighted by molar-refractivity contribution is 9.10. The summed E-state index contributed by atoms with van der Waals surface area (Å²) in [6, 6.07) is 3.00. The summed E-state index contributed by atoms with van der Waals surface area (Å²) >= 11 is 6.27. The molecule has 0 fully saturated rings. The van der Waals surface area contributed by atoms with Gasteiger partial charge in [0.2, 0.25) is 0 Å². The van der Waals surface area contributed by atoms with E-state index in [0.717, 1.165) is 4.47 Å². The lowest BCUT2D eigenvalue weighted by atomic mass is 10.3. The van der Waals surface area contributed by atoms with Crippen LogP contribution < -0.4 is 4.72 Å². The van der Waals surface area contributed by atoms with Crippen LogP contribution in [0.3, 0.4) is 0 Å². The third kappa shape index (κ3) is 3.22. The van der Waals surface area contributed by atoms with Crippen molar-refractivity contribution in [3.63, 3.8) is 0 Å². The average molecular weight is 426 g/mol. The summed E-state index contributed by atoms with van der Waals surface area (Å²) in [7, 11) is -3.85. The third-order valence-corrected chi connectivity index (χ3v) is 5.06. The lowest BCUT2D eigenvalue weighted by Crippen LogP contribution is -2.14. The molecule has 9 heteroatoms. The fraction of sp³-hybridized carbons (Fsp3) is 0.182. The Kier molecular flexibility index (Phi) is 4.52. The molecule has 0 aliphatic carbocycles. The molecule has 0 aliphatic heterocycles. The zero-order chi connectivity index (χ0) is 14.9. The van der Waals surface area contributed by atoms with Crippen LogP contribution in [-0.4, -0.2) is 18.5 Å². The van der Waals surface area contributed by atoms with E-state index < -0.39 is 10.0 Å². The van der Waals surface area contributed by atoms with Gasteiger partial charge in [0.1, 0.15) is 23.1 Å². The standard InChI is InChI=1S/C11H10Br2N2O4S/c1-6-2-7(12)4-14-11(6)15-20(17,18)9-3-8(5-16)19-10(9)13/h2-4,16H,5H2,1H3,(H,14,15). The number of nitrogens with zero attached hydrogens (tertiary/aromatic N) is 1. The van der Waals surface area contributed by atoms with Crippen molar-refractivity contribution >= 4 is 47.7 Å². The van der Waals surface area contributed by atoms with E-state index in [0.29, 0.717) is 5.56 Å². The lowest BCUT2D eigenvalue weighted by Gasteiger charge is -2.08. The number of sulfonamides is 1. The Balaban J connectivity index is 2.38. The number of rotatable bonds is 4. The molecule has 0 amide bonds. The number of aliphatic hydroxyl groups is 1. The van der Waals surface area contributed by atoms with Gasteiger partial charge in [-0.15, -0.1) is 0 Å². The van der Waals surface area contributed by atoms with Crippen LogP contribution in [0.4, 0.5) is 5.82 Å². The monoisotopic (exact) mass is 424 g/mol. The maximum absolute atomic E-state index is 12.3. The van der Waals surface area contributed by atoms with Crippen molar-refractivity contribution in [3.05, 3.63) is 38.8 Å². The minimum Gasteiger partial charge on any atom is -0.450 e. The molecule has 0 aliphatic rings. The molecule has 0 atom stereocenters. The first-order chi connectivity index (χ1) is 9.33. The Morgan fingerprint density at radius 2 is 2.10 bits per heavy atom. The number of aromatic nitrogens is 1. The topological polar surface area (TPSA) is 92.4 Å². The Bertz CT molecular complexity index is 743. The van der Waals surface area contributed by atoms with Gasteiger partial charge in [-0.3, -0.25) is 4.72 Å². The summed E-state index contributed by atoms with van der Waals surface area (Å²) in [6.07, 6.45) is 1.49. The van der Waals surface area contributed by atoms with Crippen molar-refractivity contribution in [2.75, 3.05) is 4.72 Å². The number of pyridine rings is 1. The molecule has 2 aromatic heterocycles. The third-order valence-electron chi connectivity index (χ3n) is 2.43. The van der Waals surface area contributed by atoms with E-state index in [9.17, 15) is 8.42 Å². The second-order valence-electron chi connectivity index (χ2n) is 3.93. The quantitative estimate of drug-likeness (QED) is 0.785. The minimum absolute atomic E-state index is 0.0313. The first-order valence-electron chi connectivity index (χ1n) is 5.37. The normalized spacial score (nSPS) is 11.6. The van der Waals surface area contributed by atoms with Gasteiger partial charge in [0.15, 0.2) is 4.67 Å². The fourth-order valence-corrected chi connectivity index (χ4v) is 4.01. The molecule has 20 heavy (non-hydrogen) atoms. The molecule has 2 N–H and O–H groups in total. The van der Waals surface area contributed by atoms with Crippen LogP contribution >= 0.6 is 31.9 Å². The Morgan fingerprint density at radius 1 is 1.40 bits per heavy atom. The molecule has 2 heterocycles. The van der Waals surface area contributed by atoms with Crippen LogP contribution in [0.1, 0.15) is 11.3 Å². The summed E-state index contributed by atoms with van der Waals surface area (Å²) in [5.41, 5.74) is 0.671. The second-order valence-corrected chi connectivity index (χ2v) is 7.22. The molecule has 0 spiro atoms. The molecular weight excluding hydrogens is 416 g/mol. The van der Waals surface area contributed by atoms with E-state index in [1.165, 1.54) is 12.3 Å². The Hall–Kier alpha value is -0.900. The molecule has 2 aromatic rings. The van der Waals surface area contributed by atoms with Crippen molar-refractivity contribution in [2.24, 2.45) is 0 Å². The van der Waals surface area contributed by atoms with Gasteiger partial charge in [-0.05, 0) is 50.4 Å². The highest BCUT2D eigenvalue weighted by Crippen LogP contribution is 2.28. The van der Waals surface area contributed by atoms with E-state index in [1.807, 2.05) is 0 Å². The van der Waals surface area contributed by atoms with Crippen LogP contribution in [0.15, 0.2) is 36.8 Å². The highest BCUT2D eigenvalue weighted by Gasteiger charge is 2.23. The number of aryl methyl sites for hydroxylation is 1. The summed E-state index contributed by atoms with van der Waals surface area (Å²) in [5, 5.41) is 8.96. The largest absolute Gasteiger partial charge is 0.450 e. The van der Waals surface area contributed by atoms with Crippen LogP contribution in [0, 0.1) is 6.92 Å².